The molecule has 1 unspecified atom stereocenters. The van der Waals surface area contributed by atoms with Crippen molar-refractivity contribution in [2.75, 3.05) is 25.5 Å². The molecule has 0 aliphatic carbocycles. The Hall–Kier alpha value is -3.33. The summed E-state index contributed by atoms with van der Waals surface area (Å²) in [6.07, 6.45) is 8.05. The number of allylic oxidation sites excluding steroid dienone is 1. The van der Waals surface area contributed by atoms with Gasteiger partial charge in [0.15, 0.2) is 22.5 Å². The van der Waals surface area contributed by atoms with E-state index in [1.807, 2.05) is 33.7 Å². The van der Waals surface area contributed by atoms with Gasteiger partial charge in [0.1, 0.15) is 0 Å². The van der Waals surface area contributed by atoms with Crippen molar-refractivity contribution < 1.29 is 14.3 Å². The number of nitrogens with zero attached hydrogens (tertiary/aromatic N) is 5. The van der Waals surface area contributed by atoms with E-state index in [2.05, 4.69) is 27.8 Å². The van der Waals surface area contributed by atoms with Crippen LogP contribution < -0.4 is 9.47 Å². The number of hydrogen-bond acceptors (Lipinski definition) is 7. The van der Waals surface area contributed by atoms with Crippen molar-refractivity contribution in [1.29, 1.82) is 0 Å². The third kappa shape index (κ3) is 4.65. The van der Waals surface area contributed by atoms with Crippen LogP contribution in [-0.4, -0.2) is 56.1 Å². The lowest BCUT2D eigenvalue weighted by molar-refractivity contribution is -0.129. The number of fused-ring (bicyclic) bond motifs is 1. The van der Waals surface area contributed by atoms with Gasteiger partial charge >= 0.3 is 0 Å². The second-order valence-electron chi connectivity index (χ2n) is 8.23. The van der Waals surface area contributed by atoms with E-state index in [4.69, 9.17) is 9.47 Å². The Labute approximate surface area is 203 Å². The van der Waals surface area contributed by atoms with Crippen molar-refractivity contribution in [1.82, 2.24) is 24.6 Å². The number of rotatable bonds is 7. The van der Waals surface area contributed by atoms with Crippen molar-refractivity contribution in [2.45, 2.75) is 37.0 Å². The average molecular weight is 478 g/mol. The molecule has 1 aromatic carbocycles. The van der Waals surface area contributed by atoms with Crippen molar-refractivity contribution in [2.24, 2.45) is 0 Å². The number of pyridine rings is 1. The van der Waals surface area contributed by atoms with Crippen LogP contribution in [0.3, 0.4) is 0 Å². The van der Waals surface area contributed by atoms with Gasteiger partial charge in [-0.05, 0) is 42.7 Å². The van der Waals surface area contributed by atoms with Crippen LogP contribution >= 0.6 is 11.8 Å². The highest BCUT2D eigenvalue weighted by atomic mass is 32.2. The zero-order valence-corrected chi connectivity index (χ0v) is 19.7. The number of hydrogen-bond donors (Lipinski definition) is 0. The summed E-state index contributed by atoms with van der Waals surface area (Å²) >= 11 is 1.41. The highest BCUT2D eigenvalue weighted by molar-refractivity contribution is 7.99. The molecule has 2 aromatic heterocycles. The Balaban J connectivity index is 1.30. The smallest absolute Gasteiger partial charge is 0.233 e. The maximum Gasteiger partial charge on any atom is 0.233 e. The largest absolute Gasteiger partial charge is 0.490 e. The highest BCUT2D eigenvalue weighted by Crippen LogP contribution is 2.38. The number of carbonyl (C=O) groups excluding carboxylic acids is 1. The second kappa shape index (κ2) is 10.3. The maximum absolute atomic E-state index is 13.3. The Kier molecular flexibility index (Phi) is 6.80. The number of benzene rings is 1. The van der Waals surface area contributed by atoms with Gasteiger partial charge in [-0.2, -0.15) is 0 Å². The highest BCUT2D eigenvalue weighted by Gasteiger charge is 2.31. The molecule has 0 N–H and O–H groups in total. The number of likely N-dealkylation sites (tertiary alicyclic amines) is 1. The van der Waals surface area contributed by atoms with Crippen LogP contribution in [0.5, 0.6) is 11.5 Å². The molecule has 8 nitrogen and oxygen atoms in total. The predicted octanol–water partition coefficient (Wildman–Crippen LogP) is 4.14. The van der Waals surface area contributed by atoms with E-state index in [9.17, 15) is 4.79 Å². The lowest BCUT2D eigenvalue weighted by Crippen LogP contribution is -2.32. The van der Waals surface area contributed by atoms with E-state index in [0.717, 1.165) is 54.3 Å². The first-order valence-corrected chi connectivity index (χ1v) is 12.5. The van der Waals surface area contributed by atoms with Gasteiger partial charge in [0.2, 0.25) is 5.91 Å². The molecule has 1 saturated heterocycles. The molecule has 3 aromatic rings. The molecule has 2 aliphatic heterocycles. The van der Waals surface area contributed by atoms with Crippen LogP contribution in [0.2, 0.25) is 0 Å². The zero-order chi connectivity index (χ0) is 23.3. The Morgan fingerprint density at radius 2 is 1.94 bits per heavy atom. The Morgan fingerprint density at radius 1 is 1.12 bits per heavy atom. The summed E-state index contributed by atoms with van der Waals surface area (Å²) < 4.78 is 13.6. The van der Waals surface area contributed by atoms with E-state index in [1.54, 1.807) is 18.5 Å². The molecule has 4 heterocycles. The van der Waals surface area contributed by atoms with Gasteiger partial charge in [-0.25, -0.2) is 0 Å². The number of thioether (sulfide) groups is 1. The minimum Gasteiger partial charge on any atom is -0.490 e. The Morgan fingerprint density at radius 3 is 2.76 bits per heavy atom. The first-order chi connectivity index (χ1) is 16.7. The zero-order valence-electron chi connectivity index (χ0n) is 18.9. The molecule has 1 amide bonds. The molecule has 9 heteroatoms. The minimum atomic E-state index is 0.0451. The van der Waals surface area contributed by atoms with Gasteiger partial charge in [0, 0.05) is 37.5 Å². The fourth-order valence-corrected chi connectivity index (χ4v) is 5.25. The standard InChI is InChI=1S/C25H27N5O3S/c1-2-12-30-24(18-8-10-26-11-9-18)27-28-25(30)34-17-23(31)29-13-3-5-20(29)19-6-7-21-22(16-19)33-15-4-14-32-21/h2,6-11,16,20H,1,3-5,12-15,17H2. The molecular weight excluding hydrogens is 450 g/mol. The van der Waals surface area contributed by atoms with Gasteiger partial charge in [0.25, 0.3) is 0 Å². The summed E-state index contributed by atoms with van der Waals surface area (Å²) in [5.74, 6) is 2.68. The normalized spacial score (nSPS) is 17.4. The van der Waals surface area contributed by atoms with Gasteiger partial charge in [-0.15, -0.1) is 16.8 Å². The van der Waals surface area contributed by atoms with E-state index in [-0.39, 0.29) is 11.9 Å². The van der Waals surface area contributed by atoms with Crippen LogP contribution in [-0.2, 0) is 11.3 Å². The van der Waals surface area contributed by atoms with E-state index in [1.165, 1.54) is 11.8 Å². The van der Waals surface area contributed by atoms with Gasteiger partial charge in [0.05, 0.1) is 25.0 Å². The fraction of sp³-hybridized carbons (Fsp3) is 0.360. The number of carbonyl (C=O) groups is 1. The summed E-state index contributed by atoms with van der Waals surface area (Å²) in [5, 5.41) is 9.41. The average Bonchev–Trinajstić information content (AvgIpc) is 3.45. The van der Waals surface area contributed by atoms with Gasteiger partial charge < -0.3 is 14.4 Å². The third-order valence-electron chi connectivity index (χ3n) is 6.02. The summed E-state index contributed by atoms with van der Waals surface area (Å²) in [6, 6.07) is 9.89. The lowest BCUT2D eigenvalue weighted by Gasteiger charge is -2.25. The van der Waals surface area contributed by atoms with Gasteiger partial charge in [-0.3, -0.25) is 14.3 Å². The molecule has 1 atom stereocenters. The summed E-state index contributed by atoms with van der Waals surface area (Å²) in [6.45, 7) is 6.48. The number of ether oxygens (including phenoxy) is 2. The second-order valence-corrected chi connectivity index (χ2v) is 9.17. The molecule has 0 radical (unpaired) electrons. The fourth-order valence-electron chi connectivity index (χ4n) is 4.41. The first kappa shape index (κ1) is 22.5. The molecule has 176 valence electrons. The van der Waals surface area contributed by atoms with Crippen molar-refractivity contribution >= 4 is 17.7 Å². The van der Waals surface area contributed by atoms with Crippen LogP contribution in [0.4, 0.5) is 0 Å². The predicted molar refractivity (Wildman–Crippen MR) is 130 cm³/mol. The van der Waals surface area contributed by atoms with Crippen LogP contribution in [0, 0.1) is 0 Å². The van der Waals surface area contributed by atoms with Crippen molar-refractivity contribution in [3.05, 3.63) is 60.9 Å². The first-order valence-electron chi connectivity index (χ1n) is 11.5. The van der Waals surface area contributed by atoms with Crippen molar-refractivity contribution in [3.8, 4) is 22.9 Å². The quantitative estimate of drug-likeness (QED) is 0.374. The molecule has 0 saturated carbocycles. The molecule has 2 aliphatic rings. The molecular formula is C25H27N5O3S. The lowest BCUT2D eigenvalue weighted by atomic mass is 10.0. The molecule has 34 heavy (non-hydrogen) atoms. The minimum absolute atomic E-state index is 0.0451. The summed E-state index contributed by atoms with van der Waals surface area (Å²) in [4.78, 5) is 19.3. The SMILES string of the molecule is C=CCn1c(SCC(=O)N2CCCC2c2ccc3c(c2)OCCCO3)nnc1-c1ccncc1. The van der Waals surface area contributed by atoms with Crippen molar-refractivity contribution in [3.63, 3.8) is 0 Å². The van der Waals surface area contributed by atoms with Crippen LogP contribution in [0.15, 0.2) is 60.5 Å². The van der Waals surface area contributed by atoms with E-state index >= 15 is 0 Å². The number of amides is 1. The van der Waals surface area contributed by atoms with Crippen LogP contribution in [0.25, 0.3) is 11.4 Å². The molecule has 5 rings (SSSR count). The summed E-state index contributed by atoms with van der Waals surface area (Å²) in [7, 11) is 0. The Bertz CT molecular complexity index is 1170. The van der Waals surface area contributed by atoms with E-state index < -0.39 is 0 Å². The molecule has 0 spiro atoms. The van der Waals surface area contributed by atoms with Gasteiger partial charge in [-0.1, -0.05) is 23.9 Å². The summed E-state index contributed by atoms with van der Waals surface area (Å²) in [5.41, 5.74) is 2.02. The molecule has 0 bridgehead atoms. The van der Waals surface area contributed by atoms with Crippen LogP contribution in [0.1, 0.15) is 30.9 Å². The third-order valence-corrected chi connectivity index (χ3v) is 6.97. The maximum atomic E-state index is 13.3. The topological polar surface area (TPSA) is 82.4 Å². The molecule has 1 fully saturated rings. The van der Waals surface area contributed by atoms with E-state index in [0.29, 0.717) is 30.7 Å². The monoisotopic (exact) mass is 477 g/mol. The number of aromatic nitrogens is 4.